The van der Waals surface area contributed by atoms with Gasteiger partial charge in [0, 0.05) is 27.4 Å². The topological polar surface area (TPSA) is 15.8 Å². The maximum absolute atomic E-state index is 14.6. The molecular weight excluding hydrogens is 419 g/mol. The summed E-state index contributed by atoms with van der Waals surface area (Å²) < 4.78 is 41.3. The molecule has 33 heavy (non-hydrogen) atoms. The van der Waals surface area contributed by atoms with Crippen molar-refractivity contribution in [1.29, 1.82) is 0 Å². The second-order valence-electron chi connectivity index (χ2n) is 8.09. The van der Waals surface area contributed by atoms with E-state index in [1.165, 1.54) is 23.1 Å². The maximum atomic E-state index is 14.6. The van der Waals surface area contributed by atoms with E-state index in [2.05, 4.69) is 41.9 Å². The number of fused-ring (bicyclic) bond motifs is 3. The third kappa shape index (κ3) is 4.10. The smallest absolute Gasteiger partial charge is 0.159 e. The molecule has 0 aliphatic heterocycles. The van der Waals surface area contributed by atoms with Crippen molar-refractivity contribution in [2.45, 2.75) is 19.8 Å². The molecule has 4 aromatic carbocycles. The molecule has 1 aromatic heterocycles. The first-order chi connectivity index (χ1) is 16.0. The molecule has 0 aliphatic rings. The first-order valence-corrected chi connectivity index (χ1v) is 10.8. The van der Waals surface area contributed by atoms with Crippen molar-refractivity contribution < 1.29 is 13.2 Å². The molecule has 1 heterocycles. The Kier molecular flexibility index (Phi) is 5.40. The standard InChI is InChI=1S/C29H20F3N/c1-2-3-18-5-11-23-24-12-6-19(15-29(24)33-28(23)14-18)4-7-20-8-9-21(16-26(20)31)22-10-13-25(30)27(32)17-22/h5-6,8-17,33H,2-3H2,1H3. The van der Waals surface area contributed by atoms with Gasteiger partial charge in [0.25, 0.3) is 0 Å². The Morgan fingerprint density at radius 2 is 1.36 bits per heavy atom. The van der Waals surface area contributed by atoms with Gasteiger partial charge < -0.3 is 4.98 Å². The van der Waals surface area contributed by atoms with Crippen molar-refractivity contribution in [1.82, 2.24) is 4.98 Å². The summed E-state index contributed by atoms with van der Waals surface area (Å²) in [7, 11) is 0. The second kappa shape index (κ2) is 8.52. The molecule has 0 radical (unpaired) electrons. The zero-order valence-corrected chi connectivity index (χ0v) is 18.0. The Balaban J connectivity index is 1.45. The molecular formula is C29H20F3N. The van der Waals surface area contributed by atoms with Crippen LogP contribution in [0.25, 0.3) is 32.9 Å². The van der Waals surface area contributed by atoms with E-state index in [-0.39, 0.29) is 5.56 Å². The van der Waals surface area contributed by atoms with Gasteiger partial charge in [-0.3, -0.25) is 0 Å². The summed E-state index contributed by atoms with van der Waals surface area (Å²) in [5.41, 5.74) is 5.25. The molecule has 1 nitrogen and oxygen atoms in total. The lowest BCUT2D eigenvalue weighted by molar-refractivity contribution is 0.509. The summed E-state index contributed by atoms with van der Waals surface area (Å²) in [5, 5.41) is 2.30. The highest BCUT2D eigenvalue weighted by Crippen LogP contribution is 2.27. The van der Waals surface area contributed by atoms with Crippen LogP contribution in [0.5, 0.6) is 0 Å². The first-order valence-electron chi connectivity index (χ1n) is 10.8. The Morgan fingerprint density at radius 3 is 2.09 bits per heavy atom. The number of benzene rings is 4. The molecule has 0 aliphatic carbocycles. The molecule has 1 N–H and O–H groups in total. The van der Waals surface area contributed by atoms with Crippen molar-refractivity contribution in [3.63, 3.8) is 0 Å². The Hall–Kier alpha value is -3.97. The molecule has 0 fully saturated rings. The number of nitrogens with one attached hydrogen (secondary N) is 1. The van der Waals surface area contributed by atoms with Gasteiger partial charge in [0.1, 0.15) is 5.82 Å². The van der Waals surface area contributed by atoms with E-state index in [4.69, 9.17) is 0 Å². The van der Waals surface area contributed by atoms with E-state index in [0.717, 1.165) is 47.0 Å². The quantitative estimate of drug-likeness (QED) is 0.277. The summed E-state index contributed by atoms with van der Waals surface area (Å²) in [5.74, 6) is 3.49. The van der Waals surface area contributed by atoms with Gasteiger partial charge in [0.2, 0.25) is 0 Å². The summed E-state index contributed by atoms with van der Waals surface area (Å²) in [6, 6.07) is 20.4. The molecule has 0 bridgehead atoms. The maximum Gasteiger partial charge on any atom is 0.159 e. The molecule has 5 aromatic rings. The minimum absolute atomic E-state index is 0.238. The average Bonchev–Trinajstić information content (AvgIpc) is 3.17. The summed E-state index contributed by atoms with van der Waals surface area (Å²) in [6.45, 7) is 2.17. The Bertz CT molecular complexity index is 1570. The lowest BCUT2D eigenvalue weighted by Crippen LogP contribution is -1.89. The van der Waals surface area contributed by atoms with Crippen molar-refractivity contribution >= 4 is 21.8 Å². The van der Waals surface area contributed by atoms with Gasteiger partial charge in [-0.25, -0.2) is 13.2 Å². The highest BCUT2D eigenvalue weighted by atomic mass is 19.2. The van der Waals surface area contributed by atoms with Gasteiger partial charge in [-0.05, 0) is 65.6 Å². The monoisotopic (exact) mass is 439 g/mol. The van der Waals surface area contributed by atoms with Crippen molar-refractivity contribution in [2.24, 2.45) is 0 Å². The van der Waals surface area contributed by atoms with Crippen LogP contribution in [0.1, 0.15) is 30.0 Å². The zero-order valence-electron chi connectivity index (χ0n) is 18.0. The van der Waals surface area contributed by atoms with Crippen molar-refractivity contribution in [3.05, 3.63) is 107 Å². The molecule has 0 saturated carbocycles. The van der Waals surface area contributed by atoms with Crippen LogP contribution in [0.2, 0.25) is 0 Å². The van der Waals surface area contributed by atoms with Crippen molar-refractivity contribution in [2.75, 3.05) is 0 Å². The fraction of sp³-hybridized carbons (Fsp3) is 0.103. The number of aromatic amines is 1. The molecule has 162 valence electrons. The third-order valence-electron chi connectivity index (χ3n) is 5.77. The molecule has 0 unspecified atom stereocenters. The van der Waals surface area contributed by atoms with E-state index in [1.807, 2.05) is 18.2 Å². The lowest BCUT2D eigenvalue weighted by Gasteiger charge is -2.04. The van der Waals surface area contributed by atoms with Gasteiger partial charge in [-0.2, -0.15) is 0 Å². The largest absolute Gasteiger partial charge is 0.354 e. The molecule has 0 spiro atoms. The summed E-state index contributed by atoms with van der Waals surface area (Å²) in [4.78, 5) is 3.46. The number of aryl methyl sites for hydroxylation is 1. The van der Waals surface area contributed by atoms with Crippen LogP contribution >= 0.6 is 0 Å². The number of halogens is 3. The minimum Gasteiger partial charge on any atom is -0.354 e. The van der Waals surface area contributed by atoms with E-state index < -0.39 is 17.5 Å². The fourth-order valence-electron chi connectivity index (χ4n) is 4.09. The normalized spacial score (nSPS) is 11.0. The SMILES string of the molecule is CCCc1ccc2c(c1)[nH]c1cc(C#Cc3ccc(-c4ccc(F)c(F)c4)cc3F)ccc12. The number of hydrogen-bond acceptors (Lipinski definition) is 0. The predicted molar refractivity (Wildman–Crippen MR) is 128 cm³/mol. The summed E-state index contributed by atoms with van der Waals surface area (Å²) in [6.07, 6.45) is 2.15. The minimum atomic E-state index is -0.967. The van der Waals surface area contributed by atoms with Gasteiger partial charge in [-0.1, -0.05) is 55.5 Å². The van der Waals surface area contributed by atoms with Gasteiger partial charge in [-0.15, -0.1) is 0 Å². The van der Waals surface area contributed by atoms with Crippen LogP contribution in [0.3, 0.4) is 0 Å². The second-order valence-corrected chi connectivity index (χ2v) is 8.09. The van der Waals surface area contributed by atoms with E-state index >= 15 is 0 Å². The predicted octanol–water partition coefficient (Wildman–Crippen LogP) is 7.76. The van der Waals surface area contributed by atoms with Crippen LogP contribution in [-0.2, 0) is 6.42 Å². The molecule has 5 rings (SSSR count). The highest BCUT2D eigenvalue weighted by molar-refractivity contribution is 6.07. The first kappa shape index (κ1) is 20.9. The molecule has 0 atom stereocenters. The highest BCUT2D eigenvalue weighted by Gasteiger charge is 2.08. The van der Waals surface area contributed by atoms with Gasteiger partial charge in [0.15, 0.2) is 11.6 Å². The van der Waals surface area contributed by atoms with Crippen LogP contribution in [0, 0.1) is 29.3 Å². The average molecular weight is 439 g/mol. The van der Waals surface area contributed by atoms with E-state index in [9.17, 15) is 13.2 Å². The molecule has 0 saturated heterocycles. The molecule has 4 heteroatoms. The molecule has 0 amide bonds. The van der Waals surface area contributed by atoms with Crippen LogP contribution in [0.4, 0.5) is 13.2 Å². The summed E-state index contributed by atoms with van der Waals surface area (Å²) >= 11 is 0. The van der Waals surface area contributed by atoms with Crippen LogP contribution in [-0.4, -0.2) is 4.98 Å². The van der Waals surface area contributed by atoms with Crippen LogP contribution in [0.15, 0.2) is 72.8 Å². The van der Waals surface area contributed by atoms with Crippen molar-refractivity contribution in [3.8, 4) is 23.0 Å². The zero-order chi connectivity index (χ0) is 22.9. The fourth-order valence-corrected chi connectivity index (χ4v) is 4.09. The number of hydrogen-bond donors (Lipinski definition) is 1. The van der Waals surface area contributed by atoms with Crippen LogP contribution < -0.4 is 0 Å². The number of aromatic nitrogens is 1. The Labute approximate surface area is 189 Å². The van der Waals surface area contributed by atoms with Gasteiger partial charge in [0.05, 0.1) is 5.56 Å². The van der Waals surface area contributed by atoms with E-state index in [0.29, 0.717) is 11.1 Å². The van der Waals surface area contributed by atoms with Gasteiger partial charge >= 0.3 is 0 Å². The Morgan fingerprint density at radius 1 is 0.667 bits per heavy atom. The van der Waals surface area contributed by atoms with E-state index in [1.54, 1.807) is 12.1 Å². The number of H-pyrrole nitrogens is 1. The number of rotatable bonds is 3. The lowest BCUT2D eigenvalue weighted by atomic mass is 10.0. The third-order valence-corrected chi connectivity index (χ3v) is 5.77.